The Bertz CT molecular complexity index is 867. The fraction of sp³-hybridized carbons (Fsp3) is 0.286. The number of fused-ring (bicyclic) bond motifs is 5. The van der Waals surface area contributed by atoms with E-state index in [1.165, 1.54) is 0 Å². The molecule has 1 aliphatic rings. The number of aromatic hydroxyl groups is 1. The first-order valence-electron chi connectivity index (χ1n) is 8.40. The van der Waals surface area contributed by atoms with Gasteiger partial charge in [0.2, 0.25) is 0 Å². The van der Waals surface area contributed by atoms with E-state index >= 15 is 0 Å². The smallest absolute Gasteiger partial charge is 0.159 e. The third kappa shape index (κ3) is 3.52. The quantitative estimate of drug-likeness (QED) is 0.911. The molecule has 0 saturated heterocycles. The van der Waals surface area contributed by atoms with Gasteiger partial charge in [0.05, 0.1) is 21.3 Å². The van der Waals surface area contributed by atoms with Crippen LogP contribution in [0, 0.1) is 0 Å². The Hall–Kier alpha value is -2.95. The molecule has 26 heavy (non-hydrogen) atoms. The van der Waals surface area contributed by atoms with Crippen molar-refractivity contribution in [3.05, 3.63) is 53.3 Å². The minimum absolute atomic E-state index is 0.000784. The highest BCUT2D eigenvalue weighted by Crippen LogP contribution is 2.41. The van der Waals surface area contributed by atoms with Crippen LogP contribution in [-0.2, 0) is 22.4 Å². The molecule has 4 bridgehead atoms. The molecule has 5 nitrogen and oxygen atoms in total. The van der Waals surface area contributed by atoms with Gasteiger partial charge in [0.1, 0.15) is 23.0 Å². The SMILES string of the molecule is COC1=CC(=O)CCc2cc(c(OC)cc2OC)-c2cc(ccc2O)C1. The molecule has 1 N–H and O–H groups in total. The van der Waals surface area contributed by atoms with E-state index in [4.69, 9.17) is 14.2 Å². The number of phenolic OH excluding ortho intramolecular Hbond substituents is 1. The molecule has 0 fully saturated rings. The number of carbonyl (C=O) groups excluding carboxylic acids is 1. The Labute approximate surface area is 152 Å². The Balaban J connectivity index is 2.24. The molecule has 136 valence electrons. The van der Waals surface area contributed by atoms with Gasteiger partial charge in [-0.05, 0) is 35.7 Å². The van der Waals surface area contributed by atoms with Gasteiger partial charge in [-0.1, -0.05) is 6.07 Å². The number of carbonyl (C=O) groups is 1. The summed E-state index contributed by atoms with van der Waals surface area (Å²) in [6.07, 6.45) is 2.88. The highest BCUT2D eigenvalue weighted by Gasteiger charge is 2.18. The van der Waals surface area contributed by atoms with Crippen LogP contribution in [0.15, 0.2) is 42.2 Å². The van der Waals surface area contributed by atoms with Crippen molar-refractivity contribution >= 4 is 5.78 Å². The summed E-state index contributed by atoms with van der Waals surface area (Å²) in [6, 6.07) is 9.08. The van der Waals surface area contributed by atoms with E-state index in [-0.39, 0.29) is 11.5 Å². The second-order valence-electron chi connectivity index (χ2n) is 6.17. The third-order valence-corrected chi connectivity index (χ3v) is 4.56. The van der Waals surface area contributed by atoms with E-state index in [0.717, 1.165) is 16.7 Å². The van der Waals surface area contributed by atoms with Crippen LogP contribution in [0.5, 0.6) is 17.2 Å². The summed E-state index contributed by atoms with van der Waals surface area (Å²) < 4.78 is 16.3. The van der Waals surface area contributed by atoms with Crippen molar-refractivity contribution in [3.63, 3.8) is 0 Å². The van der Waals surface area contributed by atoms with Crippen LogP contribution in [-0.4, -0.2) is 32.2 Å². The number of phenols is 1. The average molecular weight is 354 g/mol. The van der Waals surface area contributed by atoms with E-state index in [1.807, 2.05) is 18.2 Å². The zero-order valence-corrected chi connectivity index (χ0v) is 15.2. The molecule has 0 radical (unpaired) electrons. The zero-order chi connectivity index (χ0) is 18.7. The van der Waals surface area contributed by atoms with Gasteiger partial charge in [0.25, 0.3) is 0 Å². The Morgan fingerprint density at radius 1 is 0.885 bits per heavy atom. The fourth-order valence-electron chi connectivity index (χ4n) is 3.17. The number of rotatable bonds is 3. The Morgan fingerprint density at radius 2 is 1.65 bits per heavy atom. The predicted molar refractivity (Wildman–Crippen MR) is 98.8 cm³/mol. The van der Waals surface area contributed by atoms with Crippen LogP contribution in [0.2, 0.25) is 0 Å². The van der Waals surface area contributed by atoms with Crippen LogP contribution in [0.1, 0.15) is 17.5 Å². The lowest BCUT2D eigenvalue weighted by Gasteiger charge is -2.17. The van der Waals surface area contributed by atoms with Gasteiger partial charge in [-0.2, -0.15) is 0 Å². The number of ether oxygens (including phenoxy) is 3. The van der Waals surface area contributed by atoms with Crippen molar-refractivity contribution in [3.8, 4) is 28.4 Å². The standard InChI is InChI=1S/C21H22O5/c1-24-16-8-13-4-7-19(23)17(9-13)18-10-14(5-6-15(22)11-16)20(25-2)12-21(18)26-3/h4,7,9-12,23H,5-6,8H2,1-3H3. The largest absolute Gasteiger partial charge is 0.507 e. The van der Waals surface area contributed by atoms with E-state index in [9.17, 15) is 9.90 Å². The van der Waals surface area contributed by atoms with Crippen molar-refractivity contribution in [2.24, 2.45) is 0 Å². The molecule has 1 aliphatic carbocycles. The highest BCUT2D eigenvalue weighted by atomic mass is 16.5. The molecule has 0 amide bonds. The molecule has 0 spiro atoms. The first-order chi connectivity index (χ1) is 12.5. The van der Waals surface area contributed by atoms with Crippen LogP contribution in [0.25, 0.3) is 11.1 Å². The van der Waals surface area contributed by atoms with Crippen molar-refractivity contribution in [1.82, 2.24) is 0 Å². The Morgan fingerprint density at radius 3 is 2.35 bits per heavy atom. The van der Waals surface area contributed by atoms with Gasteiger partial charge in [-0.25, -0.2) is 0 Å². The summed E-state index contributed by atoms with van der Waals surface area (Å²) in [5.74, 6) is 2.01. The summed E-state index contributed by atoms with van der Waals surface area (Å²) in [4.78, 5) is 12.3. The lowest BCUT2D eigenvalue weighted by atomic mass is 9.94. The molecule has 0 aromatic heterocycles. The summed E-state index contributed by atoms with van der Waals surface area (Å²) in [5.41, 5.74) is 3.25. The number of benzene rings is 2. The third-order valence-electron chi connectivity index (χ3n) is 4.56. The molecule has 2 aromatic rings. The molecule has 0 atom stereocenters. The van der Waals surface area contributed by atoms with Crippen LogP contribution in [0.3, 0.4) is 0 Å². The molecule has 5 heteroatoms. The first kappa shape index (κ1) is 17.9. The molecule has 0 unspecified atom stereocenters. The number of ketones is 1. The topological polar surface area (TPSA) is 65.0 Å². The van der Waals surface area contributed by atoms with Gasteiger partial charge >= 0.3 is 0 Å². The highest BCUT2D eigenvalue weighted by molar-refractivity contribution is 5.90. The van der Waals surface area contributed by atoms with Gasteiger partial charge in [-0.3, -0.25) is 4.79 Å². The number of methoxy groups -OCH3 is 3. The fourth-order valence-corrected chi connectivity index (χ4v) is 3.17. The van der Waals surface area contributed by atoms with Gasteiger partial charge in [-0.15, -0.1) is 0 Å². The second-order valence-corrected chi connectivity index (χ2v) is 6.17. The van der Waals surface area contributed by atoms with Crippen molar-refractivity contribution < 1.29 is 24.1 Å². The maximum absolute atomic E-state index is 12.3. The first-order valence-corrected chi connectivity index (χ1v) is 8.40. The van der Waals surface area contributed by atoms with E-state index < -0.39 is 0 Å². The monoisotopic (exact) mass is 354 g/mol. The van der Waals surface area contributed by atoms with Crippen molar-refractivity contribution in [2.45, 2.75) is 19.3 Å². The lowest BCUT2D eigenvalue weighted by Crippen LogP contribution is -2.04. The second kappa shape index (κ2) is 7.52. The van der Waals surface area contributed by atoms with Gasteiger partial charge in [0, 0.05) is 36.1 Å². The average Bonchev–Trinajstić information content (AvgIpc) is 2.65. The summed E-state index contributed by atoms with van der Waals surface area (Å²) in [5, 5.41) is 10.4. The molecule has 0 saturated carbocycles. The number of hydrogen-bond acceptors (Lipinski definition) is 5. The molecule has 0 aliphatic heterocycles. The van der Waals surface area contributed by atoms with Gasteiger partial charge < -0.3 is 19.3 Å². The van der Waals surface area contributed by atoms with Crippen LogP contribution in [0.4, 0.5) is 0 Å². The van der Waals surface area contributed by atoms with Crippen molar-refractivity contribution in [2.75, 3.05) is 21.3 Å². The minimum Gasteiger partial charge on any atom is -0.507 e. The maximum Gasteiger partial charge on any atom is 0.159 e. The molecule has 3 rings (SSSR count). The Kier molecular flexibility index (Phi) is 5.16. The van der Waals surface area contributed by atoms with Gasteiger partial charge in [0.15, 0.2) is 5.78 Å². The number of allylic oxidation sites excluding steroid dienone is 2. The molecule has 2 aromatic carbocycles. The molecular weight excluding hydrogens is 332 g/mol. The number of hydrogen-bond donors (Lipinski definition) is 1. The summed E-state index contributed by atoms with van der Waals surface area (Å²) >= 11 is 0. The van der Waals surface area contributed by atoms with E-state index in [0.29, 0.717) is 42.1 Å². The van der Waals surface area contributed by atoms with Crippen LogP contribution >= 0.6 is 0 Å². The minimum atomic E-state index is 0.000784. The summed E-state index contributed by atoms with van der Waals surface area (Å²) in [6.45, 7) is 0. The normalized spacial score (nSPS) is 14.0. The van der Waals surface area contributed by atoms with E-state index in [2.05, 4.69) is 0 Å². The number of aryl methyl sites for hydroxylation is 1. The summed E-state index contributed by atoms with van der Waals surface area (Å²) in [7, 11) is 4.72. The molecular formula is C21H22O5. The molecule has 0 heterocycles. The van der Waals surface area contributed by atoms with Crippen LogP contribution < -0.4 is 9.47 Å². The lowest BCUT2D eigenvalue weighted by molar-refractivity contribution is -0.114. The predicted octanol–water partition coefficient (Wildman–Crippen LogP) is 3.66. The van der Waals surface area contributed by atoms with Crippen molar-refractivity contribution in [1.29, 1.82) is 0 Å². The zero-order valence-electron chi connectivity index (χ0n) is 15.2. The van der Waals surface area contributed by atoms with E-state index in [1.54, 1.807) is 39.5 Å². The maximum atomic E-state index is 12.3.